The van der Waals surface area contributed by atoms with Crippen LogP contribution in [0.1, 0.15) is 11.1 Å². The van der Waals surface area contributed by atoms with E-state index >= 15 is 0 Å². The van der Waals surface area contributed by atoms with Gasteiger partial charge in [0.25, 0.3) is 0 Å². The van der Waals surface area contributed by atoms with Crippen molar-refractivity contribution in [3.63, 3.8) is 0 Å². The summed E-state index contributed by atoms with van der Waals surface area (Å²) in [6.45, 7) is 0. The molecule has 0 aliphatic rings. The van der Waals surface area contributed by atoms with Gasteiger partial charge in [-0.1, -0.05) is 0 Å². The largest absolute Gasteiger partial charge is 0.467 e. The zero-order valence-corrected chi connectivity index (χ0v) is 8.61. The summed E-state index contributed by atoms with van der Waals surface area (Å²) in [5, 5.41) is 18.1. The van der Waals surface area contributed by atoms with Gasteiger partial charge in [-0.25, -0.2) is 9.18 Å². The summed E-state index contributed by atoms with van der Waals surface area (Å²) < 4.78 is 17.2. The van der Waals surface area contributed by atoms with Gasteiger partial charge in [-0.2, -0.15) is 5.26 Å². The number of carbonyl (C=O) groups is 1. The van der Waals surface area contributed by atoms with E-state index in [1.165, 1.54) is 6.07 Å². The summed E-state index contributed by atoms with van der Waals surface area (Å²) in [4.78, 5) is 11.0. The molecular weight excluding hydrogens is 213 g/mol. The number of methoxy groups -OCH3 is 1. The molecule has 5 heteroatoms. The molecule has 1 aromatic carbocycles. The maximum absolute atomic E-state index is 12.9. The Labute approximate surface area is 91.9 Å². The number of hydrogen-bond acceptors (Lipinski definition) is 4. The van der Waals surface area contributed by atoms with E-state index in [0.717, 1.165) is 19.2 Å². The Bertz CT molecular complexity index is 439. The number of aliphatic hydroxyl groups is 1. The minimum absolute atomic E-state index is 0.146. The summed E-state index contributed by atoms with van der Waals surface area (Å²) in [5.74, 6) is -1.33. The number of aliphatic hydroxyl groups excluding tert-OH is 1. The highest BCUT2D eigenvalue weighted by Gasteiger charge is 2.18. The lowest BCUT2D eigenvalue weighted by Crippen LogP contribution is -2.24. The lowest BCUT2D eigenvalue weighted by atomic mass is 10.0. The molecule has 0 saturated heterocycles. The number of hydrogen-bond donors (Lipinski definition) is 1. The highest BCUT2D eigenvalue weighted by atomic mass is 19.1. The fourth-order valence-electron chi connectivity index (χ4n) is 1.27. The molecule has 0 heterocycles. The van der Waals surface area contributed by atoms with Crippen LogP contribution in [-0.2, 0) is 16.0 Å². The number of halogens is 1. The van der Waals surface area contributed by atoms with Crippen LogP contribution in [0.2, 0.25) is 0 Å². The molecule has 1 unspecified atom stereocenters. The predicted octanol–water partition coefficient (Wildman–Crippen LogP) is 0.774. The molecule has 1 N–H and O–H groups in total. The number of rotatable bonds is 3. The van der Waals surface area contributed by atoms with Gasteiger partial charge in [0.15, 0.2) is 6.10 Å². The molecule has 1 aromatic rings. The van der Waals surface area contributed by atoms with Crippen LogP contribution >= 0.6 is 0 Å². The minimum Gasteiger partial charge on any atom is -0.467 e. The van der Waals surface area contributed by atoms with Gasteiger partial charge < -0.3 is 9.84 Å². The van der Waals surface area contributed by atoms with E-state index in [1.807, 2.05) is 6.07 Å². The second-order valence-corrected chi connectivity index (χ2v) is 3.16. The number of ether oxygens (including phenoxy) is 1. The van der Waals surface area contributed by atoms with E-state index in [0.29, 0.717) is 0 Å². The van der Waals surface area contributed by atoms with Crippen molar-refractivity contribution in [2.45, 2.75) is 12.5 Å². The zero-order valence-electron chi connectivity index (χ0n) is 8.61. The number of esters is 1. The van der Waals surface area contributed by atoms with Crippen molar-refractivity contribution in [1.29, 1.82) is 5.26 Å². The Balaban J connectivity index is 2.92. The fraction of sp³-hybridized carbons (Fsp3) is 0.273. The number of benzene rings is 1. The van der Waals surface area contributed by atoms with Crippen LogP contribution in [-0.4, -0.2) is 24.3 Å². The second kappa shape index (κ2) is 5.24. The van der Waals surface area contributed by atoms with Gasteiger partial charge in [0, 0.05) is 6.42 Å². The van der Waals surface area contributed by atoms with E-state index in [-0.39, 0.29) is 17.5 Å². The van der Waals surface area contributed by atoms with Crippen LogP contribution in [0.15, 0.2) is 18.2 Å². The van der Waals surface area contributed by atoms with Crippen molar-refractivity contribution >= 4 is 5.97 Å². The zero-order chi connectivity index (χ0) is 12.1. The molecule has 0 amide bonds. The molecule has 0 bridgehead atoms. The maximum atomic E-state index is 12.9. The molecular formula is C11H10FNO3. The van der Waals surface area contributed by atoms with Crippen molar-refractivity contribution < 1.29 is 19.0 Å². The Hall–Kier alpha value is -1.93. The van der Waals surface area contributed by atoms with Gasteiger partial charge in [-0.3, -0.25) is 0 Å². The van der Waals surface area contributed by atoms with Crippen LogP contribution in [0.4, 0.5) is 4.39 Å². The lowest BCUT2D eigenvalue weighted by molar-refractivity contribution is -0.150. The smallest absolute Gasteiger partial charge is 0.335 e. The Morgan fingerprint density at radius 2 is 2.38 bits per heavy atom. The van der Waals surface area contributed by atoms with Gasteiger partial charge >= 0.3 is 5.97 Å². The van der Waals surface area contributed by atoms with Gasteiger partial charge in [-0.15, -0.1) is 0 Å². The molecule has 4 nitrogen and oxygen atoms in total. The molecule has 0 fully saturated rings. The topological polar surface area (TPSA) is 70.3 Å². The summed E-state index contributed by atoms with van der Waals surface area (Å²) in [7, 11) is 1.14. The average molecular weight is 223 g/mol. The quantitative estimate of drug-likeness (QED) is 0.768. The van der Waals surface area contributed by atoms with Crippen molar-refractivity contribution in [1.82, 2.24) is 0 Å². The highest BCUT2D eigenvalue weighted by molar-refractivity contribution is 5.74. The predicted molar refractivity (Wildman–Crippen MR) is 52.8 cm³/mol. The number of nitrogens with zero attached hydrogens (tertiary/aromatic N) is 1. The fourth-order valence-corrected chi connectivity index (χ4v) is 1.27. The minimum atomic E-state index is -1.39. The Kier molecular flexibility index (Phi) is 3.97. The maximum Gasteiger partial charge on any atom is 0.335 e. The summed E-state index contributed by atoms with van der Waals surface area (Å²) in [6, 6.07) is 5.42. The van der Waals surface area contributed by atoms with Crippen molar-refractivity contribution in [3.05, 3.63) is 35.1 Å². The van der Waals surface area contributed by atoms with Gasteiger partial charge in [-0.05, 0) is 23.8 Å². The number of nitriles is 1. The Morgan fingerprint density at radius 1 is 1.69 bits per heavy atom. The monoisotopic (exact) mass is 223 g/mol. The van der Waals surface area contributed by atoms with Crippen LogP contribution in [0, 0.1) is 17.1 Å². The molecule has 0 aliphatic carbocycles. The standard InChI is InChI=1S/C11H10FNO3/c1-16-11(15)10(14)5-8-4-9(12)3-2-7(8)6-13/h2-4,10,14H,5H2,1H3. The van der Waals surface area contributed by atoms with Crippen LogP contribution in [0.5, 0.6) is 0 Å². The third kappa shape index (κ3) is 2.78. The van der Waals surface area contributed by atoms with Crippen LogP contribution in [0.3, 0.4) is 0 Å². The molecule has 0 radical (unpaired) electrons. The molecule has 1 atom stereocenters. The summed E-state index contributed by atoms with van der Waals surface area (Å²) in [5.41, 5.74) is 0.504. The summed E-state index contributed by atoms with van der Waals surface area (Å²) in [6.07, 6.45) is -1.54. The first-order valence-electron chi connectivity index (χ1n) is 4.53. The van der Waals surface area contributed by atoms with E-state index in [4.69, 9.17) is 5.26 Å². The average Bonchev–Trinajstić information content (AvgIpc) is 2.28. The van der Waals surface area contributed by atoms with Gasteiger partial charge in [0.1, 0.15) is 5.82 Å². The first kappa shape index (κ1) is 12.1. The lowest BCUT2D eigenvalue weighted by Gasteiger charge is -2.09. The summed E-state index contributed by atoms with van der Waals surface area (Å²) >= 11 is 0. The molecule has 0 aliphatic heterocycles. The number of carbonyl (C=O) groups excluding carboxylic acids is 1. The Morgan fingerprint density at radius 3 is 2.94 bits per heavy atom. The SMILES string of the molecule is COC(=O)C(O)Cc1cc(F)ccc1C#N. The van der Waals surface area contributed by atoms with E-state index in [1.54, 1.807) is 0 Å². The molecule has 0 saturated carbocycles. The third-order valence-corrected chi connectivity index (χ3v) is 2.07. The normalized spacial score (nSPS) is 11.6. The van der Waals surface area contributed by atoms with Gasteiger partial charge in [0.2, 0.25) is 0 Å². The van der Waals surface area contributed by atoms with Crippen LogP contribution < -0.4 is 0 Å². The van der Waals surface area contributed by atoms with Crippen LogP contribution in [0.25, 0.3) is 0 Å². The second-order valence-electron chi connectivity index (χ2n) is 3.16. The van der Waals surface area contributed by atoms with Crippen molar-refractivity contribution in [3.8, 4) is 6.07 Å². The van der Waals surface area contributed by atoms with Crippen molar-refractivity contribution in [2.24, 2.45) is 0 Å². The van der Waals surface area contributed by atoms with E-state index < -0.39 is 17.9 Å². The molecule has 0 spiro atoms. The molecule has 0 aromatic heterocycles. The van der Waals surface area contributed by atoms with E-state index in [9.17, 15) is 14.3 Å². The molecule has 16 heavy (non-hydrogen) atoms. The molecule has 1 rings (SSSR count). The van der Waals surface area contributed by atoms with E-state index in [2.05, 4.69) is 4.74 Å². The first-order chi connectivity index (χ1) is 7.58. The molecule has 84 valence electrons. The van der Waals surface area contributed by atoms with Gasteiger partial charge in [0.05, 0.1) is 18.7 Å². The first-order valence-corrected chi connectivity index (χ1v) is 4.53. The highest BCUT2D eigenvalue weighted by Crippen LogP contribution is 2.13. The third-order valence-electron chi connectivity index (χ3n) is 2.07. The van der Waals surface area contributed by atoms with Crippen molar-refractivity contribution in [2.75, 3.05) is 7.11 Å².